The zero-order chi connectivity index (χ0) is 18.4. The number of rotatable bonds is 3. The zero-order valence-corrected chi connectivity index (χ0v) is 15.2. The summed E-state index contributed by atoms with van der Waals surface area (Å²) >= 11 is 1.44. The number of aromatic nitrogens is 4. The number of thiophene rings is 1. The van der Waals surface area contributed by atoms with E-state index in [1.165, 1.54) is 11.3 Å². The maximum Gasteiger partial charge on any atom is 0.265 e. The third kappa shape index (κ3) is 2.69. The van der Waals surface area contributed by atoms with Gasteiger partial charge in [-0.2, -0.15) is 10.2 Å². The zero-order valence-electron chi connectivity index (χ0n) is 14.4. The monoisotopic (exact) mass is 373 g/mol. The molecule has 3 heterocycles. The van der Waals surface area contributed by atoms with E-state index < -0.39 is 0 Å². The van der Waals surface area contributed by atoms with Crippen molar-refractivity contribution in [3.8, 4) is 5.69 Å². The fourth-order valence-corrected chi connectivity index (χ4v) is 4.19. The highest BCUT2D eigenvalue weighted by Gasteiger charge is 2.17. The Kier molecular flexibility index (Phi) is 3.54. The van der Waals surface area contributed by atoms with E-state index in [-0.39, 0.29) is 5.91 Å². The molecule has 0 bridgehead atoms. The van der Waals surface area contributed by atoms with Crippen LogP contribution in [0.15, 0.2) is 60.8 Å². The molecule has 0 unspecified atom stereocenters. The molecular formula is C20H15N5OS. The van der Waals surface area contributed by atoms with Crippen molar-refractivity contribution in [2.45, 2.75) is 6.92 Å². The first-order valence-corrected chi connectivity index (χ1v) is 9.30. The van der Waals surface area contributed by atoms with Crippen molar-refractivity contribution in [3.05, 3.63) is 71.4 Å². The predicted molar refractivity (Wildman–Crippen MR) is 108 cm³/mol. The summed E-state index contributed by atoms with van der Waals surface area (Å²) in [6.07, 6.45) is 1.75. The van der Waals surface area contributed by atoms with Gasteiger partial charge < -0.3 is 5.32 Å². The van der Waals surface area contributed by atoms with Gasteiger partial charge in [0.2, 0.25) is 0 Å². The molecule has 0 atom stereocenters. The van der Waals surface area contributed by atoms with E-state index in [0.29, 0.717) is 4.88 Å². The largest absolute Gasteiger partial charge is 0.321 e. The summed E-state index contributed by atoms with van der Waals surface area (Å²) in [5.74, 6) is -0.130. The van der Waals surface area contributed by atoms with Gasteiger partial charge in [0.1, 0.15) is 4.83 Å². The molecule has 132 valence electrons. The highest BCUT2D eigenvalue weighted by Crippen LogP contribution is 2.31. The maximum absolute atomic E-state index is 12.8. The summed E-state index contributed by atoms with van der Waals surface area (Å²) in [4.78, 5) is 14.4. The van der Waals surface area contributed by atoms with Crippen LogP contribution in [-0.2, 0) is 0 Å². The van der Waals surface area contributed by atoms with Crippen LogP contribution in [0.4, 0.5) is 5.69 Å². The molecule has 6 nitrogen and oxygen atoms in total. The van der Waals surface area contributed by atoms with Gasteiger partial charge in [-0.25, -0.2) is 4.68 Å². The van der Waals surface area contributed by atoms with Gasteiger partial charge in [0.05, 0.1) is 28.0 Å². The number of aryl methyl sites for hydroxylation is 1. The molecule has 7 heteroatoms. The first-order chi connectivity index (χ1) is 13.2. The van der Waals surface area contributed by atoms with Crippen LogP contribution in [0.2, 0.25) is 0 Å². The normalized spacial score (nSPS) is 11.3. The molecule has 5 aromatic rings. The second-order valence-corrected chi connectivity index (χ2v) is 7.32. The van der Waals surface area contributed by atoms with E-state index in [1.807, 2.05) is 66.2 Å². The maximum atomic E-state index is 12.8. The number of anilines is 1. The lowest BCUT2D eigenvalue weighted by Gasteiger charge is -2.04. The van der Waals surface area contributed by atoms with Crippen molar-refractivity contribution in [1.82, 2.24) is 20.0 Å². The van der Waals surface area contributed by atoms with Gasteiger partial charge in [0.25, 0.3) is 5.91 Å². The molecule has 0 aliphatic heterocycles. The number of nitrogens with zero attached hydrogens (tertiary/aromatic N) is 3. The SMILES string of the molecule is Cc1nn(-c2ccccc2)c2sc(C(=O)Nc3ccc4cn[nH]c4c3)cc12. The number of benzene rings is 2. The molecule has 1 amide bonds. The molecule has 0 fully saturated rings. The fraction of sp³-hybridized carbons (Fsp3) is 0.0500. The van der Waals surface area contributed by atoms with Gasteiger partial charge in [-0.3, -0.25) is 9.89 Å². The molecule has 0 saturated heterocycles. The van der Waals surface area contributed by atoms with Gasteiger partial charge in [-0.15, -0.1) is 11.3 Å². The van der Waals surface area contributed by atoms with Gasteiger partial charge in [0, 0.05) is 16.5 Å². The molecule has 27 heavy (non-hydrogen) atoms. The molecule has 3 aromatic heterocycles. The van der Waals surface area contributed by atoms with Crippen molar-refractivity contribution < 1.29 is 4.79 Å². The Morgan fingerprint density at radius 2 is 2.00 bits per heavy atom. The Hall–Kier alpha value is -3.45. The molecule has 0 aliphatic carbocycles. The number of para-hydroxylation sites is 1. The van der Waals surface area contributed by atoms with Crippen molar-refractivity contribution in [2.24, 2.45) is 0 Å². The van der Waals surface area contributed by atoms with Crippen molar-refractivity contribution >= 4 is 44.1 Å². The van der Waals surface area contributed by atoms with E-state index >= 15 is 0 Å². The first kappa shape index (κ1) is 15.8. The number of carbonyl (C=O) groups excluding carboxylic acids is 1. The first-order valence-electron chi connectivity index (χ1n) is 8.48. The second-order valence-electron chi connectivity index (χ2n) is 6.29. The molecule has 5 rings (SSSR count). The van der Waals surface area contributed by atoms with E-state index in [2.05, 4.69) is 20.6 Å². The summed E-state index contributed by atoms with van der Waals surface area (Å²) in [5.41, 5.74) is 3.51. The number of H-pyrrole nitrogens is 1. The quantitative estimate of drug-likeness (QED) is 0.488. The predicted octanol–water partition coefficient (Wildman–Crippen LogP) is 4.52. The minimum atomic E-state index is -0.130. The number of hydrogen-bond donors (Lipinski definition) is 2. The smallest absolute Gasteiger partial charge is 0.265 e. The molecule has 0 saturated carbocycles. The van der Waals surface area contributed by atoms with Crippen LogP contribution in [-0.4, -0.2) is 25.9 Å². The molecule has 0 radical (unpaired) electrons. The Morgan fingerprint density at radius 1 is 1.15 bits per heavy atom. The highest BCUT2D eigenvalue weighted by molar-refractivity contribution is 7.20. The second kappa shape index (κ2) is 6.07. The van der Waals surface area contributed by atoms with Crippen LogP contribution in [0.25, 0.3) is 26.8 Å². The van der Waals surface area contributed by atoms with Crippen molar-refractivity contribution in [1.29, 1.82) is 0 Å². The van der Waals surface area contributed by atoms with Crippen LogP contribution < -0.4 is 5.32 Å². The Morgan fingerprint density at radius 3 is 2.85 bits per heavy atom. The number of nitrogens with one attached hydrogen (secondary N) is 2. The number of fused-ring (bicyclic) bond motifs is 2. The van der Waals surface area contributed by atoms with Crippen molar-refractivity contribution in [2.75, 3.05) is 5.32 Å². The molecule has 2 N–H and O–H groups in total. The van der Waals surface area contributed by atoms with E-state index in [9.17, 15) is 4.79 Å². The summed E-state index contributed by atoms with van der Waals surface area (Å²) in [5, 5.41) is 16.5. The Bertz CT molecular complexity index is 1280. The summed E-state index contributed by atoms with van der Waals surface area (Å²) in [7, 11) is 0. The van der Waals surface area contributed by atoms with Gasteiger partial charge in [-0.1, -0.05) is 18.2 Å². The highest BCUT2D eigenvalue weighted by atomic mass is 32.1. The number of carbonyl (C=O) groups is 1. The van der Waals surface area contributed by atoms with Gasteiger partial charge in [0.15, 0.2) is 0 Å². The van der Waals surface area contributed by atoms with Gasteiger partial charge in [-0.05, 0) is 43.3 Å². The van der Waals surface area contributed by atoms with Crippen LogP contribution in [0.3, 0.4) is 0 Å². The van der Waals surface area contributed by atoms with Crippen LogP contribution in [0.5, 0.6) is 0 Å². The third-order valence-electron chi connectivity index (χ3n) is 4.47. The standard InChI is InChI=1S/C20H15N5OS/c1-12-16-10-18(27-20(16)25(24-12)15-5-3-2-4-6-15)19(26)22-14-8-7-13-11-21-23-17(13)9-14/h2-11H,1H3,(H,21,23)(H,22,26). The molecule has 2 aromatic carbocycles. The molecule has 0 spiro atoms. The number of aromatic amines is 1. The average Bonchev–Trinajstić information content (AvgIpc) is 3.38. The molecule has 0 aliphatic rings. The summed E-state index contributed by atoms with van der Waals surface area (Å²) in [6.45, 7) is 1.96. The average molecular weight is 373 g/mol. The topological polar surface area (TPSA) is 75.6 Å². The van der Waals surface area contributed by atoms with Gasteiger partial charge >= 0.3 is 0 Å². The lowest BCUT2D eigenvalue weighted by Crippen LogP contribution is -2.10. The lowest BCUT2D eigenvalue weighted by molar-refractivity contribution is 0.103. The van der Waals surface area contributed by atoms with Crippen molar-refractivity contribution in [3.63, 3.8) is 0 Å². The Balaban J connectivity index is 1.50. The number of hydrogen-bond acceptors (Lipinski definition) is 4. The van der Waals surface area contributed by atoms with E-state index in [0.717, 1.165) is 38.2 Å². The van der Waals surface area contributed by atoms with E-state index in [1.54, 1.807) is 6.20 Å². The number of amides is 1. The van der Waals surface area contributed by atoms with Crippen LogP contribution in [0, 0.1) is 6.92 Å². The summed E-state index contributed by atoms with van der Waals surface area (Å²) in [6, 6.07) is 17.5. The van der Waals surface area contributed by atoms with E-state index in [4.69, 9.17) is 0 Å². The summed E-state index contributed by atoms with van der Waals surface area (Å²) < 4.78 is 1.89. The fourth-order valence-electron chi connectivity index (χ4n) is 3.11. The van der Waals surface area contributed by atoms with Crippen LogP contribution in [0.1, 0.15) is 15.4 Å². The minimum Gasteiger partial charge on any atom is -0.321 e. The molecular weight excluding hydrogens is 358 g/mol. The minimum absolute atomic E-state index is 0.130. The third-order valence-corrected chi connectivity index (χ3v) is 5.58. The van der Waals surface area contributed by atoms with Crippen LogP contribution >= 0.6 is 11.3 Å². The Labute approximate surface area is 158 Å². The lowest BCUT2D eigenvalue weighted by atomic mass is 10.2.